The quantitative estimate of drug-likeness (QED) is 0.558. The molecule has 1 aliphatic heterocycles. The van der Waals surface area contributed by atoms with Crippen LogP contribution in [0.4, 0.5) is 0 Å². The third kappa shape index (κ3) is 4.51. The molecule has 0 spiro atoms. The predicted molar refractivity (Wildman–Crippen MR) is 49.3 cm³/mol. The van der Waals surface area contributed by atoms with Crippen molar-refractivity contribution in [2.45, 2.75) is 6.42 Å². The molecule has 4 nitrogen and oxygen atoms in total. The first-order valence-corrected chi connectivity index (χ1v) is 4.39. The van der Waals surface area contributed by atoms with Crippen molar-refractivity contribution < 1.29 is 9.90 Å². The summed E-state index contributed by atoms with van der Waals surface area (Å²) in [6.07, 6.45) is -0.0495. The third-order valence-electron chi connectivity index (χ3n) is 1.88. The second kappa shape index (κ2) is 5.57. The van der Waals surface area contributed by atoms with E-state index in [1.807, 2.05) is 0 Å². The van der Waals surface area contributed by atoms with Crippen LogP contribution in [0.25, 0.3) is 0 Å². The lowest BCUT2D eigenvalue weighted by Gasteiger charge is -2.24. The Morgan fingerprint density at radius 3 is 2.69 bits per heavy atom. The van der Waals surface area contributed by atoms with Gasteiger partial charge in [0.1, 0.15) is 6.42 Å². The molecule has 0 atom stereocenters. The molecule has 13 heavy (non-hydrogen) atoms. The van der Waals surface area contributed by atoms with Crippen LogP contribution in [0.5, 0.6) is 0 Å². The van der Waals surface area contributed by atoms with Gasteiger partial charge in [-0.3, -0.25) is 9.69 Å². The SMILES string of the molecule is O=C(O)CC#CCN1CCNCC1. The maximum Gasteiger partial charge on any atom is 0.315 e. The molecule has 0 amide bonds. The lowest BCUT2D eigenvalue weighted by molar-refractivity contribution is -0.135. The van der Waals surface area contributed by atoms with E-state index in [1.54, 1.807) is 0 Å². The van der Waals surface area contributed by atoms with Crippen LogP contribution < -0.4 is 5.32 Å². The van der Waals surface area contributed by atoms with Crippen molar-refractivity contribution in [3.8, 4) is 11.8 Å². The second-order valence-corrected chi connectivity index (χ2v) is 2.95. The van der Waals surface area contributed by atoms with E-state index in [4.69, 9.17) is 5.11 Å². The molecule has 0 saturated carbocycles. The highest BCUT2D eigenvalue weighted by Gasteiger charge is 2.06. The Labute approximate surface area is 77.9 Å². The number of aliphatic carboxylic acids is 1. The van der Waals surface area contributed by atoms with Crippen molar-refractivity contribution >= 4 is 5.97 Å². The van der Waals surface area contributed by atoms with Gasteiger partial charge in [-0.2, -0.15) is 0 Å². The van der Waals surface area contributed by atoms with Crippen molar-refractivity contribution in [2.75, 3.05) is 32.7 Å². The molecule has 0 radical (unpaired) electrons. The first-order valence-electron chi connectivity index (χ1n) is 4.39. The van der Waals surface area contributed by atoms with Crippen LogP contribution in [0.15, 0.2) is 0 Å². The fraction of sp³-hybridized carbons (Fsp3) is 0.667. The largest absolute Gasteiger partial charge is 0.481 e. The number of hydrogen-bond donors (Lipinski definition) is 2. The highest BCUT2D eigenvalue weighted by Crippen LogP contribution is 1.89. The van der Waals surface area contributed by atoms with Crippen molar-refractivity contribution in [1.29, 1.82) is 0 Å². The van der Waals surface area contributed by atoms with Gasteiger partial charge < -0.3 is 10.4 Å². The maximum absolute atomic E-state index is 10.1. The molecule has 1 fully saturated rings. The van der Waals surface area contributed by atoms with Gasteiger partial charge in [0.2, 0.25) is 0 Å². The molecule has 1 heterocycles. The molecular formula is C9H14N2O2. The Morgan fingerprint density at radius 1 is 1.38 bits per heavy atom. The number of nitrogens with zero attached hydrogens (tertiary/aromatic N) is 1. The fourth-order valence-electron chi connectivity index (χ4n) is 1.18. The summed E-state index contributed by atoms with van der Waals surface area (Å²) < 4.78 is 0. The van der Waals surface area contributed by atoms with Gasteiger partial charge in [-0.1, -0.05) is 11.8 Å². The van der Waals surface area contributed by atoms with Crippen molar-refractivity contribution in [3.63, 3.8) is 0 Å². The lowest BCUT2D eigenvalue weighted by Crippen LogP contribution is -2.43. The van der Waals surface area contributed by atoms with Crippen molar-refractivity contribution in [3.05, 3.63) is 0 Å². The van der Waals surface area contributed by atoms with Gasteiger partial charge in [-0.05, 0) is 0 Å². The number of carboxylic acid groups (broad SMARTS) is 1. The van der Waals surface area contributed by atoms with E-state index in [0.717, 1.165) is 26.2 Å². The van der Waals surface area contributed by atoms with E-state index in [2.05, 4.69) is 22.1 Å². The smallest absolute Gasteiger partial charge is 0.315 e. The third-order valence-corrected chi connectivity index (χ3v) is 1.88. The molecule has 0 unspecified atom stereocenters. The molecule has 0 aliphatic carbocycles. The van der Waals surface area contributed by atoms with E-state index in [0.29, 0.717) is 6.54 Å². The van der Waals surface area contributed by atoms with Gasteiger partial charge in [0.15, 0.2) is 0 Å². The summed E-state index contributed by atoms with van der Waals surface area (Å²) in [7, 11) is 0. The first kappa shape index (κ1) is 10.0. The van der Waals surface area contributed by atoms with E-state index >= 15 is 0 Å². The van der Waals surface area contributed by atoms with Crippen molar-refractivity contribution in [2.24, 2.45) is 0 Å². The monoisotopic (exact) mass is 182 g/mol. The van der Waals surface area contributed by atoms with Gasteiger partial charge >= 0.3 is 5.97 Å². The van der Waals surface area contributed by atoms with Crippen LogP contribution in [0, 0.1) is 11.8 Å². The van der Waals surface area contributed by atoms with Crippen LogP contribution >= 0.6 is 0 Å². The molecule has 0 aromatic heterocycles. The molecule has 72 valence electrons. The van der Waals surface area contributed by atoms with Crippen LogP contribution in [0.2, 0.25) is 0 Å². The molecular weight excluding hydrogens is 168 g/mol. The minimum absolute atomic E-state index is 0.0495. The van der Waals surface area contributed by atoms with E-state index in [9.17, 15) is 4.79 Å². The van der Waals surface area contributed by atoms with E-state index in [-0.39, 0.29) is 6.42 Å². The Morgan fingerprint density at radius 2 is 2.08 bits per heavy atom. The molecule has 1 aliphatic rings. The van der Waals surface area contributed by atoms with Gasteiger partial charge in [0, 0.05) is 26.2 Å². The van der Waals surface area contributed by atoms with Gasteiger partial charge in [0.25, 0.3) is 0 Å². The first-order chi connectivity index (χ1) is 6.29. The van der Waals surface area contributed by atoms with Crippen LogP contribution in [-0.4, -0.2) is 48.7 Å². The number of carboxylic acids is 1. The van der Waals surface area contributed by atoms with E-state index in [1.165, 1.54) is 0 Å². The maximum atomic E-state index is 10.1. The topological polar surface area (TPSA) is 52.6 Å². The molecule has 0 aromatic carbocycles. The van der Waals surface area contributed by atoms with Crippen LogP contribution in [0.1, 0.15) is 6.42 Å². The highest BCUT2D eigenvalue weighted by atomic mass is 16.4. The highest BCUT2D eigenvalue weighted by molar-refractivity contribution is 5.69. The molecule has 2 N–H and O–H groups in total. The summed E-state index contributed by atoms with van der Waals surface area (Å²) >= 11 is 0. The Kier molecular flexibility index (Phi) is 4.30. The number of piperazine rings is 1. The number of carbonyl (C=O) groups is 1. The minimum Gasteiger partial charge on any atom is -0.481 e. The standard InChI is InChI=1S/C9H14N2O2/c12-9(13)3-1-2-6-11-7-4-10-5-8-11/h10H,3-8H2,(H,12,13). The van der Waals surface area contributed by atoms with E-state index < -0.39 is 5.97 Å². The number of rotatable bonds is 2. The summed E-state index contributed by atoms with van der Waals surface area (Å²) in [4.78, 5) is 12.3. The fourth-order valence-corrected chi connectivity index (χ4v) is 1.18. The molecule has 1 rings (SSSR count). The Bertz CT molecular complexity index is 224. The predicted octanol–water partition coefficient (Wildman–Crippen LogP) is -0.630. The average Bonchev–Trinajstić information content (AvgIpc) is 2.14. The normalized spacial score (nSPS) is 17.5. The Balaban J connectivity index is 2.15. The summed E-state index contributed by atoms with van der Waals surface area (Å²) in [5.74, 6) is 4.62. The number of nitrogens with one attached hydrogen (secondary N) is 1. The minimum atomic E-state index is -0.854. The zero-order valence-electron chi connectivity index (χ0n) is 7.55. The lowest BCUT2D eigenvalue weighted by atomic mass is 10.3. The van der Waals surface area contributed by atoms with Crippen molar-refractivity contribution in [1.82, 2.24) is 10.2 Å². The molecule has 0 aromatic rings. The summed E-state index contributed by atoms with van der Waals surface area (Å²) in [6.45, 7) is 4.69. The Hall–Kier alpha value is -1.05. The summed E-state index contributed by atoms with van der Waals surface area (Å²) in [5.41, 5.74) is 0. The van der Waals surface area contributed by atoms with Gasteiger partial charge in [0.05, 0.1) is 6.54 Å². The number of hydrogen-bond acceptors (Lipinski definition) is 3. The molecule has 0 bridgehead atoms. The second-order valence-electron chi connectivity index (χ2n) is 2.95. The van der Waals surface area contributed by atoms with Gasteiger partial charge in [-0.15, -0.1) is 0 Å². The van der Waals surface area contributed by atoms with Crippen LogP contribution in [0.3, 0.4) is 0 Å². The van der Waals surface area contributed by atoms with Gasteiger partial charge in [-0.25, -0.2) is 0 Å². The molecule has 4 heteroatoms. The summed E-state index contributed by atoms with van der Waals surface area (Å²) in [6, 6.07) is 0. The zero-order valence-corrected chi connectivity index (χ0v) is 7.55. The average molecular weight is 182 g/mol. The van der Waals surface area contributed by atoms with Crippen LogP contribution in [-0.2, 0) is 4.79 Å². The zero-order chi connectivity index (χ0) is 9.52. The summed E-state index contributed by atoms with van der Waals surface area (Å²) in [5, 5.41) is 11.6. The molecule has 1 saturated heterocycles.